The molecule has 2 amide bonds. The van der Waals surface area contributed by atoms with E-state index in [1.54, 1.807) is 11.1 Å². The van der Waals surface area contributed by atoms with Gasteiger partial charge in [-0.1, -0.05) is 38.1 Å². The number of nitrogens with one attached hydrogen (secondary N) is 2. The van der Waals surface area contributed by atoms with Gasteiger partial charge in [-0.2, -0.15) is 5.10 Å². The number of carbonyl (C=O) groups is 2. The minimum atomic E-state index is -0.390. The van der Waals surface area contributed by atoms with Gasteiger partial charge in [-0.25, -0.2) is 0 Å². The number of carbonyl (C=O) groups excluding carboxylic acids is 2. The highest BCUT2D eigenvalue weighted by Crippen LogP contribution is 2.20. The van der Waals surface area contributed by atoms with Gasteiger partial charge >= 0.3 is 0 Å². The fraction of sp³-hybridized carbons (Fsp3) is 0.421. The Labute approximate surface area is 147 Å². The van der Waals surface area contributed by atoms with Crippen LogP contribution in [-0.4, -0.2) is 39.5 Å². The van der Waals surface area contributed by atoms with Gasteiger partial charge < -0.3 is 10.2 Å². The van der Waals surface area contributed by atoms with Gasteiger partial charge in [-0.15, -0.1) is 0 Å². The van der Waals surface area contributed by atoms with Crippen molar-refractivity contribution in [1.82, 2.24) is 20.4 Å². The first-order valence-corrected chi connectivity index (χ1v) is 8.72. The van der Waals surface area contributed by atoms with Crippen molar-refractivity contribution >= 4 is 11.8 Å². The number of benzene rings is 1. The third-order valence-corrected chi connectivity index (χ3v) is 4.58. The van der Waals surface area contributed by atoms with E-state index in [1.165, 1.54) is 0 Å². The van der Waals surface area contributed by atoms with Crippen LogP contribution in [-0.2, 0) is 16.1 Å². The van der Waals surface area contributed by atoms with Crippen LogP contribution < -0.4 is 5.32 Å². The highest BCUT2D eigenvalue weighted by atomic mass is 16.2. The summed E-state index contributed by atoms with van der Waals surface area (Å²) in [6, 6.07) is 9.50. The Morgan fingerprint density at radius 2 is 2.04 bits per heavy atom. The maximum absolute atomic E-state index is 12.6. The molecule has 1 fully saturated rings. The van der Waals surface area contributed by atoms with E-state index in [-0.39, 0.29) is 23.8 Å². The summed E-state index contributed by atoms with van der Waals surface area (Å²) >= 11 is 0. The molecule has 25 heavy (non-hydrogen) atoms. The summed E-state index contributed by atoms with van der Waals surface area (Å²) in [5.74, 6) is 0.0884. The van der Waals surface area contributed by atoms with Gasteiger partial charge in [0.25, 0.3) is 0 Å². The summed E-state index contributed by atoms with van der Waals surface area (Å²) in [6.45, 7) is 5.09. The smallest absolute Gasteiger partial charge is 0.243 e. The molecule has 2 aromatic rings. The topological polar surface area (TPSA) is 78.1 Å². The van der Waals surface area contributed by atoms with Gasteiger partial charge in [0.2, 0.25) is 11.8 Å². The van der Waals surface area contributed by atoms with Crippen molar-refractivity contribution in [3.8, 4) is 11.3 Å². The molecule has 0 aliphatic carbocycles. The zero-order valence-electron chi connectivity index (χ0n) is 14.7. The standard InChI is InChI=1S/C19H24N4O2/c1-13(2)18(23-11-3-4-17(23)24)19(25)20-12-14-5-7-15(8-6-14)16-9-10-21-22-16/h5-10,13,18H,3-4,11-12H2,1-2H3,(H,20,25)(H,21,22)/t18-/m1/s1. The molecule has 6 nitrogen and oxygen atoms in total. The molecule has 1 atom stereocenters. The van der Waals surface area contributed by atoms with Crippen LogP contribution >= 0.6 is 0 Å². The molecule has 0 unspecified atom stereocenters. The number of amides is 2. The van der Waals surface area contributed by atoms with Crippen LogP contribution in [0.1, 0.15) is 32.3 Å². The maximum atomic E-state index is 12.6. The van der Waals surface area contributed by atoms with Crippen LogP contribution in [0.5, 0.6) is 0 Å². The van der Waals surface area contributed by atoms with Crippen molar-refractivity contribution in [2.75, 3.05) is 6.54 Å². The maximum Gasteiger partial charge on any atom is 0.243 e. The molecule has 2 heterocycles. The Kier molecular flexibility index (Phi) is 5.16. The molecule has 132 valence electrons. The summed E-state index contributed by atoms with van der Waals surface area (Å²) in [4.78, 5) is 26.3. The summed E-state index contributed by atoms with van der Waals surface area (Å²) in [6.07, 6.45) is 3.10. The van der Waals surface area contributed by atoms with Crippen LogP contribution in [0.25, 0.3) is 11.3 Å². The first-order valence-electron chi connectivity index (χ1n) is 8.72. The number of rotatable bonds is 6. The summed E-state index contributed by atoms with van der Waals surface area (Å²) in [5.41, 5.74) is 3.03. The Balaban J connectivity index is 1.61. The molecule has 0 bridgehead atoms. The van der Waals surface area contributed by atoms with Gasteiger partial charge in [-0.3, -0.25) is 14.7 Å². The highest BCUT2D eigenvalue weighted by Gasteiger charge is 2.34. The SMILES string of the molecule is CC(C)[C@H](C(=O)NCc1ccc(-c2ccn[nH]2)cc1)N1CCCC1=O. The minimum absolute atomic E-state index is 0.0807. The predicted octanol–water partition coefficient (Wildman–Crippen LogP) is 2.34. The molecule has 0 radical (unpaired) electrons. The van der Waals surface area contributed by atoms with E-state index in [4.69, 9.17) is 0 Å². The number of H-pyrrole nitrogens is 1. The second-order valence-corrected chi connectivity index (χ2v) is 6.76. The van der Waals surface area contributed by atoms with E-state index in [0.29, 0.717) is 19.5 Å². The first-order chi connectivity index (χ1) is 12.1. The van der Waals surface area contributed by atoms with Crippen LogP contribution in [0.3, 0.4) is 0 Å². The second kappa shape index (κ2) is 7.51. The molecule has 3 rings (SSSR count). The predicted molar refractivity (Wildman–Crippen MR) is 95.4 cm³/mol. The van der Waals surface area contributed by atoms with Gasteiger partial charge in [0.15, 0.2) is 0 Å². The van der Waals surface area contributed by atoms with Crippen molar-refractivity contribution in [1.29, 1.82) is 0 Å². The molecule has 1 aliphatic rings. The molecule has 6 heteroatoms. The Morgan fingerprint density at radius 3 is 2.60 bits per heavy atom. The highest BCUT2D eigenvalue weighted by molar-refractivity contribution is 5.88. The number of likely N-dealkylation sites (tertiary alicyclic amines) is 1. The summed E-state index contributed by atoms with van der Waals surface area (Å²) in [7, 11) is 0. The Hall–Kier alpha value is -2.63. The fourth-order valence-corrected chi connectivity index (χ4v) is 3.28. The third kappa shape index (κ3) is 3.90. The number of aromatic nitrogens is 2. The fourth-order valence-electron chi connectivity index (χ4n) is 3.28. The van der Waals surface area contributed by atoms with E-state index in [9.17, 15) is 9.59 Å². The molecule has 1 aromatic carbocycles. The lowest BCUT2D eigenvalue weighted by molar-refractivity contribution is -0.139. The second-order valence-electron chi connectivity index (χ2n) is 6.76. The molecule has 2 N–H and O–H groups in total. The average Bonchev–Trinajstić information content (AvgIpc) is 3.26. The van der Waals surface area contributed by atoms with Crippen molar-refractivity contribution in [2.45, 2.75) is 39.3 Å². The molecule has 0 saturated carbocycles. The van der Waals surface area contributed by atoms with Crippen LogP contribution in [0.15, 0.2) is 36.5 Å². The largest absolute Gasteiger partial charge is 0.350 e. The third-order valence-electron chi connectivity index (χ3n) is 4.58. The van der Waals surface area contributed by atoms with Crippen molar-refractivity contribution in [2.24, 2.45) is 5.92 Å². The van der Waals surface area contributed by atoms with Crippen molar-refractivity contribution in [3.05, 3.63) is 42.1 Å². The lowest BCUT2D eigenvalue weighted by Crippen LogP contribution is -2.50. The van der Waals surface area contributed by atoms with E-state index in [1.807, 2.05) is 44.2 Å². The monoisotopic (exact) mass is 340 g/mol. The van der Waals surface area contributed by atoms with Gasteiger partial charge in [0.05, 0.1) is 5.69 Å². The zero-order chi connectivity index (χ0) is 17.8. The van der Waals surface area contributed by atoms with E-state index >= 15 is 0 Å². The van der Waals surface area contributed by atoms with Crippen LogP contribution in [0.2, 0.25) is 0 Å². The number of aromatic amines is 1. The van der Waals surface area contributed by atoms with Gasteiger partial charge in [0, 0.05) is 25.7 Å². The van der Waals surface area contributed by atoms with E-state index in [0.717, 1.165) is 23.2 Å². The van der Waals surface area contributed by atoms with Gasteiger partial charge in [-0.05, 0) is 29.5 Å². The van der Waals surface area contributed by atoms with E-state index < -0.39 is 0 Å². The Bertz CT molecular complexity index is 722. The lowest BCUT2D eigenvalue weighted by Gasteiger charge is -2.29. The number of hydrogen-bond acceptors (Lipinski definition) is 3. The van der Waals surface area contributed by atoms with Crippen LogP contribution in [0, 0.1) is 5.92 Å². The molecule has 1 saturated heterocycles. The molecule has 1 aliphatic heterocycles. The van der Waals surface area contributed by atoms with Gasteiger partial charge in [0.1, 0.15) is 6.04 Å². The Morgan fingerprint density at radius 1 is 1.28 bits per heavy atom. The molecule has 1 aromatic heterocycles. The number of nitrogens with zero attached hydrogens (tertiary/aromatic N) is 2. The van der Waals surface area contributed by atoms with Crippen molar-refractivity contribution < 1.29 is 9.59 Å². The molecular weight excluding hydrogens is 316 g/mol. The van der Waals surface area contributed by atoms with Crippen LogP contribution in [0.4, 0.5) is 0 Å². The minimum Gasteiger partial charge on any atom is -0.350 e. The summed E-state index contributed by atoms with van der Waals surface area (Å²) < 4.78 is 0. The summed E-state index contributed by atoms with van der Waals surface area (Å²) in [5, 5.41) is 9.85. The first kappa shape index (κ1) is 17.2. The van der Waals surface area contributed by atoms with Crippen molar-refractivity contribution in [3.63, 3.8) is 0 Å². The normalized spacial score (nSPS) is 15.6. The molecule has 0 spiro atoms. The average molecular weight is 340 g/mol. The quantitative estimate of drug-likeness (QED) is 0.847. The lowest BCUT2D eigenvalue weighted by atomic mass is 10.0. The number of hydrogen-bond donors (Lipinski definition) is 2. The molecular formula is C19H24N4O2. The van der Waals surface area contributed by atoms with E-state index in [2.05, 4.69) is 15.5 Å². The zero-order valence-corrected chi connectivity index (χ0v) is 14.7.